The number of carbonyl (C=O) groups excluding carboxylic acids is 1. The predicted octanol–water partition coefficient (Wildman–Crippen LogP) is 3.43. The molecule has 0 aliphatic carbocycles. The van der Waals surface area contributed by atoms with Gasteiger partial charge >= 0.3 is 0 Å². The Morgan fingerprint density at radius 3 is 2.62 bits per heavy atom. The lowest BCUT2D eigenvalue weighted by Crippen LogP contribution is -2.23. The van der Waals surface area contributed by atoms with E-state index in [0.29, 0.717) is 18.0 Å². The molecule has 24 heavy (non-hydrogen) atoms. The van der Waals surface area contributed by atoms with Gasteiger partial charge in [-0.15, -0.1) is 0 Å². The largest absolute Gasteiger partial charge is 0.489 e. The first-order valence-electron chi connectivity index (χ1n) is 8.10. The minimum Gasteiger partial charge on any atom is -0.489 e. The van der Waals surface area contributed by atoms with Gasteiger partial charge in [0.2, 0.25) is 5.91 Å². The van der Waals surface area contributed by atoms with E-state index in [1.165, 1.54) is 11.6 Å². The molecule has 2 rings (SSSR count). The maximum absolute atomic E-state index is 11.9. The molecule has 0 aromatic heterocycles. The number of benzene rings is 2. The first-order chi connectivity index (χ1) is 11.5. The zero-order valence-electron chi connectivity index (χ0n) is 14.2. The van der Waals surface area contributed by atoms with Gasteiger partial charge in [0.25, 0.3) is 0 Å². The lowest BCUT2D eigenvalue weighted by Gasteiger charge is -2.12. The molecule has 0 saturated heterocycles. The molecule has 0 aliphatic heterocycles. The molecule has 126 valence electrons. The van der Waals surface area contributed by atoms with Crippen LogP contribution in [0.25, 0.3) is 6.08 Å². The molecule has 0 unspecified atom stereocenters. The van der Waals surface area contributed by atoms with E-state index in [9.17, 15) is 4.79 Å². The molecule has 0 radical (unpaired) electrons. The minimum atomic E-state index is -0.119. The summed E-state index contributed by atoms with van der Waals surface area (Å²) in [6, 6.07) is 15.6. The van der Waals surface area contributed by atoms with Crippen LogP contribution in [-0.2, 0) is 11.2 Å². The van der Waals surface area contributed by atoms with Gasteiger partial charge in [-0.3, -0.25) is 4.79 Å². The van der Waals surface area contributed by atoms with Crippen molar-refractivity contribution in [2.75, 3.05) is 12.3 Å². The third-order valence-electron chi connectivity index (χ3n) is 3.38. The zero-order valence-corrected chi connectivity index (χ0v) is 14.2. The van der Waals surface area contributed by atoms with E-state index in [0.717, 1.165) is 12.0 Å². The Labute approximate surface area is 143 Å². The summed E-state index contributed by atoms with van der Waals surface area (Å²) < 4.78 is 5.59. The Morgan fingerprint density at radius 1 is 1.21 bits per heavy atom. The number of anilines is 1. The number of carbonyl (C=O) groups is 1. The molecule has 3 N–H and O–H groups in total. The van der Waals surface area contributed by atoms with Gasteiger partial charge < -0.3 is 15.8 Å². The van der Waals surface area contributed by atoms with E-state index in [2.05, 4.69) is 5.32 Å². The van der Waals surface area contributed by atoms with E-state index in [4.69, 9.17) is 10.5 Å². The lowest BCUT2D eigenvalue weighted by molar-refractivity contribution is -0.116. The highest BCUT2D eigenvalue weighted by Crippen LogP contribution is 2.24. The Kier molecular flexibility index (Phi) is 6.43. The van der Waals surface area contributed by atoms with Crippen LogP contribution in [0.2, 0.25) is 0 Å². The van der Waals surface area contributed by atoms with Gasteiger partial charge in [0.1, 0.15) is 5.75 Å². The second-order valence-electron chi connectivity index (χ2n) is 5.82. The van der Waals surface area contributed by atoms with Crippen LogP contribution in [0.3, 0.4) is 0 Å². The predicted molar refractivity (Wildman–Crippen MR) is 98.8 cm³/mol. The summed E-state index contributed by atoms with van der Waals surface area (Å²) in [4.78, 5) is 11.9. The van der Waals surface area contributed by atoms with Crippen molar-refractivity contribution in [3.05, 3.63) is 65.7 Å². The molecule has 2 aromatic carbocycles. The van der Waals surface area contributed by atoms with E-state index in [1.807, 2.05) is 56.3 Å². The summed E-state index contributed by atoms with van der Waals surface area (Å²) in [5.41, 5.74) is 8.59. The van der Waals surface area contributed by atoms with Gasteiger partial charge in [0, 0.05) is 12.6 Å². The second-order valence-corrected chi connectivity index (χ2v) is 5.82. The van der Waals surface area contributed by atoms with E-state index in [-0.39, 0.29) is 12.0 Å². The minimum absolute atomic E-state index is 0.0732. The number of amides is 1. The Bertz CT molecular complexity index is 694. The van der Waals surface area contributed by atoms with Crippen molar-refractivity contribution < 1.29 is 9.53 Å². The molecule has 0 saturated carbocycles. The van der Waals surface area contributed by atoms with Crippen molar-refractivity contribution >= 4 is 17.7 Å². The van der Waals surface area contributed by atoms with Crippen LogP contribution < -0.4 is 15.8 Å². The van der Waals surface area contributed by atoms with Gasteiger partial charge in [-0.1, -0.05) is 36.4 Å². The first-order valence-corrected chi connectivity index (χ1v) is 8.10. The SMILES string of the molecule is CC(C)Oc1ccc(/C=C\C(=O)NCCc2ccccc2)cc1N. The van der Waals surface area contributed by atoms with Gasteiger partial charge in [0.05, 0.1) is 11.8 Å². The van der Waals surface area contributed by atoms with Crippen LogP contribution in [-0.4, -0.2) is 18.6 Å². The summed E-state index contributed by atoms with van der Waals surface area (Å²) in [5.74, 6) is 0.543. The summed E-state index contributed by atoms with van der Waals surface area (Å²) in [5, 5.41) is 2.87. The van der Waals surface area contributed by atoms with Crippen molar-refractivity contribution in [1.29, 1.82) is 0 Å². The molecule has 1 amide bonds. The molecular formula is C20H24N2O2. The Morgan fingerprint density at radius 2 is 1.96 bits per heavy atom. The number of hydrogen-bond acceptors (Lipinski definition) is 3. The van der Waals surface area contributed by atoms with Crippen LogP contribution in [0, 0.1) is 0 Å². The van der Waals surface area contributed by atoms with Crippen molar-refractivity contribution in [3.8, 4) is 5.75 Å². The summed E-state index contributed by atoms with van der Waals surface area (Å²) in [6.07, 6.45) is 4.15. The first kappa shape index (κ1) is 17.6. The molecular weight excluding hydrogens is 300 g/mol. The van der Waals surface area contributed by atoms with Gasteiger partial charge in [-0.25, -0.2) is 0 Å². The number of nitrogen functional groups attached to an aromatic ring is 1. The monoisotopic (exact) mass is 324 g/mol. The van der Waals surface area contributed by atoms with Crippen molar-refractivity contribution in [2.45, 2.75) is 26.4 Å². The number of nitrogens with two attached hydrogens (primary N) is 1. The number of nitrogens with one attached hydrogen (secondary N) is 1. The number of hydrogen-bond donors (Lipinski definition) is 2. The average Bonchev–Trinajstić information content (AvgIpc) is 2.56. The van der Waals surface area contributed by atoms with Crippen LogP contribution in [0.15, 0.2) is 54.6 Å². The Balaban J connectivity index is 1.83. The average molecular weight is 324 g/mol. The molecule has 0 fully saturated rings. The number of ether oxygens (including phenoxy) is 1. The quantitative estimate of drug-likeness (QED) is 0.606. The van der Waals surface area contributed by atoms with Gasteiger partial charge in [0.15, 0.2) is 0 Å². The van der Waals surface area contributed by atoms with Crippen LogP contribution >= 0.6 is 0 Å². The third kappa shape index (κ3) is 5.80. The molecule has 2 aromatic rings. The van der Waals surface area contributed by atoms with Gasteiger partial charge in [-0.05, 0) is 49.6 Å². The maximum Gasteiger partial charge on any atom is 0.244 e. The standard InChI is InChI=1S/C20H24N2O2/c1-15(2)24-19-10-8-17(14-18(19)21)9-11-20(23)22-13-12-16-6-4-3-5-7-16/h3-11,14-15H,12-13,21H2,1-2H3,(H,22,23)/b11-9-. The maximum atomic E-state index is 11.9. The van der Waals surface area contributed by atoms with Gasteiger partial charge in [-0.2, -0.15) is 0 Å². The molecule has 0 bridgehead atoms. The lowest BCUT2D eigenvalue weighted by atomic mass is 10.1. The normalized spacial score (nSPS) is 11.0. The van der Waals surface area contributed by atoms with Crippen molar-refractivity contribution in [2.24, 2.45) is 0 Å². The summed E-state index contributed by atoms with van der Waals surface area (Å²) >= 11 is 0. The Hall–Kier alpha value is -2.75. The smallest absolute Gasteiger partial charge is 0.244 e. The topological polar surface area (TPSA) is 64.3 Å². The fourth-order valence-corrected chi connectivity index (χ4v) is 2.24. The molecule has 0 heterocycles. The molecule has 0 aliphatic rings. The second kappa shape index (κ2) is 8.77. The van der Waals surface area contributed by atoms with Crippen LogP contribution in [0.1, 0.15) is 25.0 Å². The van der Waals surface area contributed by atoms with Crippen LogP contribution in [0.4, 0.5) is 5.69 Å². The van der Waals surface area contributed by atoms with E-state index in [1.54, 1.807) is 12.1 Å². The summed E-state index contributed by atoms with van der Waals surface area (Å²) in [7, 11) is 0. The highest BCUT2D eigenvalue weighted by Gasteiger charge is 2.03. The fraction of sp³-hybridized carbons (Fsp3) is 0.250. The highest BCUT2D eigenvalue weighted by molar-refractivity contribution is 5.91. The van der Waals surface area contributed by atoms with Crippen LogP contribution in [0.5, 0.6) is 5.75 Å². The van der Waals surface area contributed by atoms with E-state index < -0.39 is 0 Å². The molecule has 4 heteroatoms. The van der Waals surface area contributed by atoms with Crippen molar-refractivity contribution in [3.63, 3.8) is 0 Å². The zero-order chi connectivity index (χ0) is 17.4. The number of rotatable bonds is 7. The van der Waals surface area contributed by atoms with Crippen molar-refractivity contribution in [1.82, 2.24) is 5.32 Å². The molecule has 0 spiro atoms. The van der Waals surface area contributed by atoms with E-state index >= 15 is 0 Å². The highest BCUT2D eigenvalue weighted by atomic mass is 16.5. The molecule has 0 atom stereocenters. The fourth-order valence-electron chi connectivity index (χ4n) is 2.24. The molecule has 4 nitrogen and oxygen atoms in total. The summed E-state index contributed by atoms with van der Waals surface area (Å²) in [6.45, 7) is 4.51. The third-order valence-corrected chi connectivity index (χ3v) is 3.38.